The molecule has 0 unspecified atom stereocenters. The van der Waals surface area contributed by atoms with Gasteiger partial charge >= 0.3 is 0 Å². The maximum Gasteiger partial charge on any atom is 0.123 e. The van der Waals surface area contributed by atoms with Gasteiger partial charge in [-0.1, -0.05) is 6.07 Å². The van der Waals surface area contributed by atoms with E-state index >= 15 is 0 Å². The molecule has 3 aromatic heterocycles. The van der Waals surface area contributed by atoms with Crippen LogP contribution >= 0.6 is 0 Å². The molecule has 0 saturated carbocycles. The zero-order valence-corrected chi connectivity index (χ0v) is 14.5. The first-order valence-corrected chi connectivity index (χ1v) is 8.64. The Kier molecular flexibility index (Phi) is 4.63. The molecule has 6 nitrogen and oxygen atoms in total. The van der Waals surface area contributed by atoms with E-state index in [1.807, 2.05) is 30.5 Å². The summed E-state index contributed by atoms with van der Waals surface area (Å²) >= 11 is 0. The van der Waals surface area contributed by atoms with E-state index in [2.05, 4.69) is 38.7 Å². The Hall–Kier alpha value is -2.44. The predicted octanol–water partition coefficient (Wildman–Crippen LogP) is 2.52. The maximum absolute atomic E-state index is 5.41. The van der Waals surface area contributed by atoms with Gasteiger partial charge in [-0.3, -0.25) is 14.8 Å². The van der Waals surface area contributed by atoms with Gasteiger partial charge < -0.3 is 8.98 Å². The highest BCUT2D eigenvalue weighted by atomic mass is 16.3. The molecule has 0 bridgehead atoms. The van der Waals surface area contributed by atoms with Crippen LogP contribution in [0.2, 0.25) is 0 Å². The lowest BCUT2D eigenvalue weighted by molar-refractivity contribution is 0.206. The number of aromatic nitrogens is 3. The van der Waals surface area contributed by atoms with E-state index in [0.717, 1.165) is 62.2 Å². The molecule has 0 spiro atoms. The van der Waals surface area contributed by atoms with Crippen LogP contribution in [0.1, 0.15) is 23.0 Å². The minimum atomic E-state index is 0.793. The number of nitrogens with zero attached hydrogens (tertiary/aromatic N) is 5. The molecule has 4 rings (SSSR count). The second kappa shape index (κ2) is 7.21. The number of hydrogen-bond acceptors (Lipinski definition) is 5. The number of pyridine rings is 1. The van der Waals surface area contributed by atoms with Crippen LogP contribution in [0.25, 0.3) is 0 Å². The number of imidazole rings is 1. The molecule has 25 heavy (non-hydrogen) atoms. The summed E-state index contributed by atoms with van der Waals surface area (Å²) < 4.78 is 7.70. The lowest BCUT2D eigenvalue weighted by Crippen LogP contribution is -2.33. The highest BCUT2D eigenvalue weighted by molar-refractivity contribution is 5.08. The van der Waals surface area contributed by atoms with Crippen molar-refractivity contribution in [2.75, 3.05) is 13.6 Å². The van der Waals surface area contributed by atoms with Crippen molar-refractivity contribution < 1.29 is 4.42 Å². The van der Waals surface area contributed by atoms with Crippen LogP contribution in [0.15, 0.2) is 53.4 Å². The summed E-state index contributed by atoms with van der Waals surface area (Å²) in [6.07, 6.45) is 5.76. The van der Waals surface area contributed by atoms with Crippen molar-refractivity contribution in [3.05, 3.63) is 72.0 Å². The third-order valence-electron chi connectivity index (χ3n) is 4.48. The summed E-state index contributed by atoms with van der Waals surface area (Å²) in [7, 11) is 2.09. The topological polar surface area (TPSA) is 50.3 Å². The molecule has 1 aliphatic heterocycles. The van der Waals surface area contributed by atoms with Gasteiger partial charge in [0.2, 0.25) is 0 Å². The lowest BCUT2D eigenvalue weighted by Gasteiger charge is -2.27. The molecule has 130 valence electrons. The number of hydrogen-bond donors (Lipinski definition) is 0. The molecule has 0 amide bonds. The predicted molar refractivity (Wildman–Crippen MR) is 94.5 cm³/mol. The van der Waals surface area contributed by atoms with Gasteiger partial charge in [0, 0.05) is 38.6 Å². The molecule has 0 aromatic carbocycles. The van der Waals surface area contributed by atoms with Crippen molar-refractivity contribution in [1.29, 1.82) is 0 Å². The van der Waals surface area contributed by atoms with Gasteiger partial charge in [-0.25, -0.2) is 4.98 Å². The van der Waals surface area contributed by atoms with Crippen LogP contribution in [-0.2, 0) is 32.7 Å². The summed E-state index contributed by atoms with van der Waals surface area (Å²) in [5, 5.41) is 0. The Morgan fingerprint density at radius 2 is 2.08 bits per heavy atom. The highest BCUT2D eigenvalue weighted by Gasteiger charge is 2.19. The van der Waals surface area contributed by atoms with E-state index in [1.165, 1.54) is 0 Å². The maximum atomic E-state index is 5.41. The third-order valence-corrected chi connectivity index (χ3v) is 4.48. The van der Waals surface area contributed by atoms with Gasteiger partial charge in [0.05, 0.1) is 30.7 Å². The fraction of sp³-hybridized carbons (Fsp3) is 0.368. The van der Waals surface area contributed by atoms with Gasteiger partial charge in [0.15, 0.2) is 0 Å². The second-order valence-electron chi connectivity index (χ2n) is 6.63. The van der Waals surface area contributed by atoms with Gasteiger partial charge in [0.1, 0.15) is 11.6 Å². The molecule has 4 heterocycles. The van der Waals surface area contributed by atoms with Crippen molar-refractivity contribution in [1.82, 2.24) is 24.3 Å². The fourth-order valence-electron chi connectivity index (χ4n) is 3.29. The lowest BCUT2D eigenvalue weighted by atomic mass is 10.3. The summed E-state index contributed by atoms with van der Waals surface area (Å²) in [5.74, 6) is 2.12. The van der Waals surface area contributed by atoms with Crippen LogP contribution in [0.3, 0.4) is 0 Å². The molecule has 0 saturated heterocycles. The van der Waals surface area contributed by atoms with Crippen molar-refractivity contribution >= 4 is 0 Å². The molecule has 0 N–H and O–H groups in total. The quantitative estimate of drug-likeness (QED) is 0.692. The molecular formula is C19H23N5O. The largest absolute Gasteiger partial charge is 0.468 e. The van der Waals surface area contributed by atoms with Crippen molar-refractivity contribution in [2.45, 2.75) is 32.7 Å². The van der Waals surface area contributed by atoms with Crippen LogP contribution < -0.4 is 0 Å². The van der Waals surface area contributed by atoms with Gasteiger partial charge in [0.25, 0.3) is 0 Å². The van der Waals surface area contributed by atoms with E-state index < -0.39 is 0 Å². The van der Waals surface area contributed by atoms with E-state index in [9.17, 15) is 0 Å². The minimum Gasteiger partial charge on any atom is -0.468 e. The van der Waals surface area contributed by atoms with E-state index in [-0.39, 0.29) is 0 Å². The first-order chi connectivity index (χ1) is 12.3. The Bertz CT molecular complexity index is 797. The van der Waals surface area contributed by atoms with Crippen LogP contribution in [0.4, 0.5) is 0 Å². The average Bonchev–Trinajstić information content (AvgIpc) is 3.24. The molecule has 1 aliphatic rings. The molecule has 6 heteroatoms. The van der Waals surface area contributed by atoms with Crippen LogP contribution in [0, 0.1) is 0 Å². The molecule has 3 aromatic rings. The van der Waals surface area contributed by atoms with Crippen molar-refractivity contribution in [2.24, 2.45) is 0 Å². The normalized spacial score (nSPS) is 14.8. The fourth-order valence-corrected chi connectivity index (χ4v) is 3.29. The van der Waals surface area contributed by atoms with E-state index in [0.29, 0.717) is 0 Å². The molecule has 0 aliphatic carbocycles. The van der Waals surface area contributed by atoms with Gasteiger partial charge in [-0.2, -0.15) is 0 Å². The van der Waals surface area contributed by atoms with E-state index in [1.54, 1.807) is 6.26 Å². The van der Waals surface area contributed by atoms with E-state index in [4.69, 9.17) is 9.40 Å². The number of rotatable bonds is 6. The summed E-state index contributed by atoms with van der Waals surface area (Å²) in [5.41, 5.74) is 2.23. The first-order valence-electron chi connectivity index (χ1n) is 8.64. The summed E-state index contributed by atoms with van der Waals surface area (Å²) in [6.45, 7) is 5.38. The Balaban J connectivity index is 1.37. The zero-order valence-electron chi connectivity index (χ0n) is 14.5. The molecular weight excluding hydrogens is 314 g/mol. The van der Waals surface area contributed by atoms with Gasteiger partial charge in [-0.15, -0.1) is 0 Å². The second-order valence-corrected chi connectivity index (χ2v) is 6.63. The standard InChI is InChI=1S/C19H23N5O/c1-22(14-18-6-4-10-25-18)11-17-13-24-9-8-23(15-19(24)21-17)12-16-5-2-3-7-20-16/h2-7,10,13H,8-9,11-12,14-15H2,1H3. The molecule has 0 radical (unpaired) electrons. The van der Waals surface area contributed by atoms with Crippen molar-refractivity contribution in [3.8, 4) is 0 Å². The SMILES string of the molecule is CN(Cc1cn2c(n1)CN(Cc1ccccn1)CC2)Cc1ccco1. The van der Waals surface area contributed by atoms with Crippen molar-refractivity contribution in [3.63, 3.8) is 0 Å². The first kappa shape index (κ1) is 16.1. The minimum absolute atomic E-state index is 0.793. The highest BCUT2D eigenvalue weighted by Crippen LogP contribution is 2.16. The van der Waals surface area contributed by atoms with Crippen LogP contribution in [0.5, 0.6) is 0 Å². The van der Waals surface area contributed by atoms with Gasteiger partial charge in [-0.05, 0) is 31.3 Å². The Morgan fingerprint density at radius 3 is 2.88 bits per heavy atom. The van der Waals surface area contributed by atoms with Crippen LogP contribution in [-0.4, -0.2) is 37.9 Å². The smallest absolute Gasteiger partial charge is 0.123 e. The number of furan rings is 1. The third kappa shape index (κ3) is 3.97. The Morgan fingerprint density at radius 1 is 1.12 bits per heavy atom. The zero-order chi connectivity index (χ0) is 17.1. The monoisotopic (exact) mass is 337 g/mol. The Labute approximate surface area is 147 Å². The number of fused-ring (bicyclic) bond motifs is 1. The summed E-state index contributed by atoms with van der Waals surface area (Å²) in [6, 6.07) is 10.0. The molecule has 0 atom stereocenters. The average molecular weight is 337 g/mol. The molecule has 0 fully saturated rings. The summed E-state index contributed by atoms with van der Waals surface area (Å²) in [4.78, 5) is 13.9.